The lowest BCUT2D eigenvalue weighted by Gasteiger charge is -2.09. The van der Waals surface area contributed by atoms with Crippen molar-refractivity contribution < 1.29 is 47.0 Å². The molecule has 0 fully saturated rings. The number of ether oxygens (including phenoxy) is 9. The molecular weight excluding hydrogens is 415 g/mol. The Hall–Kier alpha value is -0.430. The Morgan fingerprint density at radius 1 is 0.387 bits per heavy atom. The van der Waals surface area contributed by atoms with Crippen molar-refractivity contribution in [3.05, 3.63) is 0 Å². The molecule has 0 bridgehead atoms. The third-order valence-electron chi connectivity index (χ3n) is 3.50. The minimum atomic E-state index is -0.468. The van der Waals surface area contributed by atoms with Gasteiger partial charge in [0.25, 0.3) is 0 Å². The van der Waals surface area contributed by atoms with Crippen molar-refractivity contribution in [3.8, 4) is 0 Å². The Bertz CT molecular complexity index is 325. The highest BCUT2D eigenvalue weighted by molar-refractivity contribution is 4.39. The maximum Gasteiger partial charge on any atom is 0.113 e. The number of rotatable bonds is 27. The highest BCUT2D eigenvalue weighted by Crippen LogP contribution is 1.88. The molecule has 0 N–H and O–H groups in total. The van der Waals surface area contributed by atoms with Gasteiger partial charge < -0.3 is 42.6 Å². The van der Waals surface area contributed by atoms with Crippen molar-refractivity contribution in [2.45, 2.75) is 20.0 Å². The second-order valence-corrected chi connectivity index (χ2v) is 6.51. The van der Waals surface area contributed by atoms with Crippen LogP contribution in [0.5, 0.6) is 0 Å². The third-order valence-corrected chi connectivity index (χ3v) is 3.50. The van der Waals surface area contributed by atoms with Crippen LogP contribution in [0.25, 0.3) is 0 Å². The fourth-order valence-electron chi connectivity index (χ4n) is 2.04. The van der Waals surface area contributed by atoms with E-state index in [0.717, 1.165) is 0 Å². The van der Waals surface area contributed by atoms with Gasteiger partial charge in [0.15, 0.2) is 0 Å². The molecule has 0 saturated heterocycles. The Balaban J connectivity index is 2.99. The van der Waals surface area contributed by atoms with E-state index in [4.69, 9.17) is 42.6 Å². The lowest BCUT2D eigenvalue weighted by molar-refractivity contribution is -0.0269. The Kier molecular flexibility index (Phi) is 27.2. The van der Waals surface area contributed by atoms with Crippen LogP contribution in [-0.2, 0) is 42.6 Å². The van der Waals surface area contributed by atoms with Crippen molar-refractivity contribution in [3.63, 3.8) is 0 Å². The van der Waals surface area contributed by atoms with Crippen molar-refractivity contribution in [1.82, 2.24) is 0 Å². The molecule has 0 heterocycles. The molecule has 188 valence electrons. The molecule has 0 radical (unpaired) electrons. The molecule has 0 spiro atoms. The van der Waals surface area contributed by atoms with Crippen LogP contribution in [0.4, 0.5) is 4.39 Å². The van der Waals surface area contributed by atoms with Crippen LogP contribution in [0.2, 0.25) is 0 Å². The SMILES string of the molecule is CC(C)OCCOCCOCCOCCOCCOCCOCCOCCOCCF. The molecule has 0 saturated carbocycles. The molecule has 0 aliphatic heterocycles. The summed E-state index contributed by atoms with van der Waals surface area (Å²) < 4.78 is 59.7. The van der Waals surface area contributed by atoms with Gasteiger partial charge in [0.2, 0.25) is 0 Å². The van der Waals surface area contributed by atoms with Crippen molar-refractivity contribution >= 4 is 0 Å². The Morgan fingerprint density at radius 2 is 0.613 bits per heavy atom. The van der Waals surface area contributed by atoms with Gasteiger partial charge in [0.1, 0.15) is 6.67 Å². The van der Waals surface area contributed by atoms with E-state index in [1.54, 1.807) is 0 Å². The van der Waals surface area contributed by atoms with Gasteiger partial charge in [-0.1, -0.05) is 0 Å². The van der Waals surface area contributed by atoms with Crippen LogP contribution in [0.15, 0.2) is 0 Å². The molecule has 0 aromatic rings. The van der Waals surface area contributed by atoms with E-state index in [2.05, 4.69) is 0 Å². The zero-order chi connectivity index (χ0) is 22.7. The topological polar surface area (TPSA) is 83.1 Å². The van der Waals surface area contributed by atoms with Crippen LogP contribution >= 0.6 is 0 Å². The summed E-state index contributed by atoms with van der Waals surface area (Å²) in [6, 6.07) is 0. The predicted octanol–water partition coefficient (Wildman–Crippen LogP) is 1.51. The first-order valence-corrected chi connectivity index (χ1v) is 11.1. The number of hydrogen-bond donors (Lipinski definition) is 0. The van der Waals surface area contributed by atoms with E-state index in [1.807, 2.05) is 13.8 Å². The van der Waals surface area contributed by atoms with Gasteiger partial charge in [-0.05, 0) is 13.8 Å². The summed E-state index contributed by atoms with van der Waals surface area (Å²) in [6.07, 6.45) is 0.234. The average Bonchev–Trinajstić information content (AvgIpc) is 2.76. The zero-order valence-electron chi connectivity index (χ0n) is 19.4. The second kappa shape index (κ2) is 27.6. The molecule has 31 heavy (non-hydrogen) atoms. The second-order valence-electron chi connectivity index (χ2n) is 6.51. The van der Waals surface area contributed by atoms with Gasteiger partial charge in [-0.3, -0.25) is 0 Å². The maximum atomic E-state index is 11.8. The van der Waals surface area contributed by atoms with E-state index in [0.29, 0.717) is 106 Å². The molecule has 10 heteroatoms. The van der Waals surface area contributed by atoms with Crippen LogP contribution in [0.3, 0.4) is 0 Å². The van der Waals surface area contributed by atoms with Gasteiger partial charge in [0, 0.05) is 0 Å². The normalized spacial score (nSPS) is 11.6. The molecular formula is C21H43FO9. The van der Waals surface area contributed by atoms with Crippen LogP contribution in [-0.4, -0.2) is 125 Å². The van der Waals surface area contributed by atoms with Crippen molar-refractivity contribution in [2.24, 2.45) is 0 Å². The summed E-state index contributed by atoms with van der Waals surface area (Å²) in [6.45, 7) is 11.9. The third kappa shape index (κ3) is 29.6. The van der Waals surface area contributed by atoms with Gasteiger partial charge >= 0.3 is 0 Å². The van der Waals surface area contributed by atoms with E-state index in [-0.39, 0.29) is 12.7 Å². The molecule has 9 nitrogen and oxygen atoms in total. The van der Waals surface area contributed by atoms with Crippen LogP contribution in [0.1, 0.15) is 13.8 Å². The first-order valence-electron chi connectivity index (χ1n) is 11.1. The van der Waals surface area contributed by atoms with E-state index < -0.39 is 6.67 Å². The highest BCUT2D eigenvalue weighted by atomic mass is 19.1. The monoisotopic (exact) mass is 458 g/mol. The van der Waals surface area contributed by atoms with Gasteiger partial charge in [-0.15, -0.1) is 0 Å². The first-order chi connectivity index (χ1) is 15.3. The summed E-state index contributed by atoms with van der Waals surface area (Å²) in [5, 5.41) is 0. The molecule has 0 unspecified atom stereocenters. The molecule has 0 aromatic heterocycles. The minimum absolute atomic E-state index is 0.120. The molecule has 0 aliphatic carbocycles. The highest BCUT2D eigenvalue weighted by Gasteiger charge is 1.96. The van der Waals surface area contributed by atoms with E-state index in [9.17, 15) is 4.39 Å². The van der Waals surface area contributed by atoms with Crippen LogP contribution in [0, 0.1) is 0 Å². The largest absolute Gasteiger partial charge is 0.377 e. The average molecular weight is 459 g/mol. The summed E-state index contributed by atoms with van der Waals surface area (Å²) >= 11 is 0. The smallest absolute Gasteiger partial charge is 0.113 e. The lowest BCUT2D eigenvalue weighted by atomic mass is 10.5. The van der Waals surface area contributed by atoms with Crippen molar-refractivity contribution in [1.29, 1.82) is 0 Å². The fraction of sp³-hybridized carbons (Fsp3) is 1.00. The Morgan fingerprint density at radius 3 is 0.839 bits per heavy atom. The Labute approximate surface area is 186 Å². The minimum Gasteiger partial charge on any atom is -0.377 e. The quantitative estimate of drug-likeness (QED) is 0.170. The lowest BCUT2D eigenvalue weighted by Crippen LogP contribution is -2.15. The number of hydrogen-bond acceptors (Lipinski definition) is 9. The van der Waals surface area contributed by atoms with Gasteiger partial charge in [0.05, 0.1) is 118 Å². The molecule has 0 atom stereocenters. The molecule has 0 amide bonds. The fourth-order valence-corrected chi connectivity index (χ4v) is 2.04. The first kappa shape index (κ1) is 30.6. The summed E-state index contributed by atoms with van der Waals surface area (Å²) in [5.74, 6) is 0. The number of halogens is 1. The van der Waals surface area contributed by atoms with Crippen LogP contribution < -0.4 is 0 Å². The van der Waals surface area contributed by atoms with Gasteiger partial charge in [-0.25, -0.2) is 4.39 Å². The summed E-state index contributed by atoms with van der Waals surface area (Å²) in [4.78, 5) is 0. The molecule has 0 rings (SSSR count). The standard InChI is InChI=1S/C21H43FO9/c1-21(2)31-20-19-30-18-17-29-16-15-28-14-13-27-12-11-26-10-9-25-8-7-24-6-5-23-4-3-22/h21H,3-20H2,1-2H3. The van der Waals surface area contributed by atoms with E-state index in [1.165, 1.54) is 0 Å². The van der Waals surface area contributed by atoms with Gasteiger partial charge in [-0.2, -0.15) is 0 Å². The molecule has 0 aliphatic rings. The predicted molar refractivity (Wildman–Crippen MR) is 114 cm³/mol. The van der Waals surface area contributed by atoms with E-state index >= 15 is 0 Å². The maximum absolute atomic E-state index is 11.8. The molecule has 0 aromatic carbocycles. The number of alkyl halides is 1. The van der Waals surface area contributed by atoms with Crippen molar-refractivity contribution in [2.75, 3.05) is 119 Å². The summed E-state index contributed by atoms with van der Waals surface area (Å²) in [7, 11) is 0. The zero-order valence-corrected chi connectivity index (χ0v) is 19.4. The summed E-state index contributed by atoms with van der Waals surface area (Å²) in [5.41, 5.74) is 0.